The highest BCUT2D eigenvalue weighted by molar-refractivity contribution is 8.00. The second-order valence-corrected chi connectivity index (χ2v) is 11.5. The molecule has 4 aromatic rings. The molecule has 0 aliphatic heterocycles. The van der Waals surface area contributed by atoms with E-state index in [2.05, 4.69) is 16.0 Å². The summed E-state index contributed by atoms with van der Waals surface area (Å²) in [5.41, 5.74) is 1.49. The van der Waals surface area contributed by atoms with Gasteiger partial charge in [0, 0.05) is 21.7 Å². The summed E-state index contributed by atoms with van der Waals surface area (Å²) < 4.78 is 10.8. The van der Waals surface area contributed by atoms with Crippen LogP contribution in [0, 0.1) is 0 Å². The van der Waals surface area contributed by atoms with Crippen molar-refractivity contribution in [2.24, 2.45) is 0 Å². The zero-order chi connectivity index (χ0) is 33.2. The normalized spacial score (nSPS) is 11.6. The van der Waals surface area contributed by atoms with Crippen molar-refractivity contribution >= 4 is 64.5 Å². The number of ether oxygens (including phenoxy) is 2. The first kappa shape index (κ1) is 33.6. The number of nitrogens with one attached hydrogen (secondary N) is 3. The molecule has 0 radical (unpaired) electrons. The molecule has 0 saturated carbocycles. The molecule has 0 bridgehead atoms. The third kappa shape index (κ3) is 8.90. The molecule has 4 N–H and O–H groups in total. The number of carbonyl (C=O) groups excluding carboxylic acids is 3. The molecule has 0 aliphatic rings. The molecule has 46 heavy (non-hydrogen) atoms. The Balaban J connectivity index is 1.49. The zero-order valence-corrected chi connectivity index (χ0v) is 26.6. The minimum Gasteiger partial charge on any atom is -0.497 e. The summed E-state index contributed by atoms with van der Waals surface area (Å²) in [6, 6.07) is 24.5. The fourth-order valence-electron chi connectivity index (χ4n) is 4.11. The minimum absolute atomic E-state index is 0.00194. The second kappa shape index (κ2) is 15.6. The van der Waals surface area contributed by atoms with Gasteiger partial charge >= 0.3 is 5.97 Å². The number of benzene rings is 4. The van der Waals surface area contributed by atoms with Crippen LogP contribution in [0.2, 0.25) is 5.02 Å². The maximum Gasteiger partial charge on any atom is 0.335 e. The van der Waals surface area contributed by atoms with E-state index in [0.29, 0.717) is 28.3 Å². The van der Waals surface area contributed by atoms with E-state index in [1.165, 1.54) is 50.3 Å². The first-order chi connectivity index (χ1) is 22.1. The number of carboxylic acids is 1. The van der Waals surface area contributed by atoms with E-state index in [0.717, 1.165) is 4.90 Å². The fraction of sp³-hybridized carbons (Fsp3) is 0.118. The van der Waals surface area contributed by atoms with Gasteiger partial charge in [0.1, 0.15) is 17.2 Å². The maximum atomic E-state index is 13.5. The summed E-state index contributed by atoms with van der Waals surface area (Å²) in [5.74, 6) is -1.56. The summed E-state index contributed by atoms with van der Waals surface area (Å²) >= 11 is 7.39. The first-order valence-electron chi connectivity index (χ1n) is 13.8. The first-order valence-corrected chi connectivity index (χ1v) is 15.1. The summed E-state index contributed by atoms with van der Waals surface area (Å²) in [4.78, 5) is 51.3. The Hall–Kier alpha value is -5.26. The molecule has 0 aliphatic carbocycles. The van der Waals surface area contributed by atoms with Crippen LogP contribution in [0.3, 0.4) is 0 Å². The van der Waals surface area contributed by atoms with Crippen molar-refractivity contribution in [1.82, 2.24) is 5.32 Å². The van der Waals surface area contributed by atoms with Crippen LogP contribution < -0.4 is 25.4 Å². The van der Waals surface area contributed by atoms with Crippen LogP contribution in [-0.2, 0) is 9.59 Å². The van der Waals surface area contributed by atoms with Crippen molar-refractivity contribution in [3.8, 4) is 11.5 Å². The minimum atomic E-state index is -1.14. The predicted molar refractivity (Wildman–Crippen MR) is 179 cm³/mol. The van der Waals surface area contributed by atoms with Crippen molar-refractivity contribution < 1.29 is 33.8 Å². The Morgan fingerprint density at radius 2 is 1.57 bits per heavy atom. The Kier molecular flexibility index (Phi) is 11.4. The highest BCUT2D eigenvalue weighted by Gasteiger charge is 2.19. The van der Waals surface area contributed by atoms with E-state index in [-0.39, 0.29) is 27.9 Å². The lowest BCUT2D eigenvalue weighted by molar-refractivity contribution is -0.115. The molecular weight excluding hydrogens is 630 g/mol. The lowest BCUT2D eigenvalue weighted by Crippen LogP contribution is -2.30. The highest BCUT2D eigenvalue weighted by atomic mass is 35.5. The number of hydrogen-bond donors (Lipinski definition) is 4. The smallest absolute Gasteiger partial charge is 0.335 e. The molecule has 236 valence electrons. The van der Waals surface area contributed by atoms with Gasteiger partial charge in [-0.2, -0.15) is 0 Å². The lowest BCUT2D eigenvalue weighted by atomic mass is 10.1. The molecule has 4 aromatic carbocycles. The molecule has 3 amide bonds. The van der Waals surface area contributed by atoms with Gasteiger partial charge in [0.05, 0.1) is 35.7 Å². The highest BCUT2D eigenvalue weighted by Crippen LogP contribution is 2.29. The van der Waals surface area contributed by atoms with E-state index in [1.54, 1.807) is 79.7 Å². The molecule has 0 fully saturated rings. The van der Waals surface area contributed by atoms with Crippen molar-refractivity contribution in [2.75, 3.05) is 24.9 Å². The summed E-state index contributed by atoms with van der Waals surface area (Å²) in [7, 11) is 3.02. The Morgan fingerprint density at radius 1 is 0.848 bits per heavy atom. The molecule has 1 atom stereocenters. The second-order valence-electron chi connectivity index (χ2n) is 9.71. The van der Waals surface area contributed by atoms with E-state index >= 15 is 0 Å². The van der Waals surface area contributed by atoms with E-state index in [4.69, 9.17) is 21.1 Å². The lowest BCUT2D eigenvalue weighted by Gasteiger charge is -2.15. The average molecular weight is 660 g/mol. The van der Waals surface area contributed by atoms with Crippen LogP contribution in [0.1, 0.15) is 33.2 Å². The Labute approximate surface area is 274 Å². The van der Waals surface area contributed by atoms with E-state index < -0.39 is 23.0 Å². The number of halogens is 1. The summed E-state index contributed by atoms with van der Waals surface area (Å²) in [5, 5.41) is 17.0. The van der Waals surface area contributed by atoms with Crippen LogP contribution in [-0.4, -0.2) is 48.3 Å². The van der Waals surface area contributed by atoms with E-state index in [1.807, 2.05) is 0 Å². The maximum absolute atomic E-state index is 13.5. The van der Waals surface area contributed by atoms with Crippen LogP contribution in [0.25, 0.3) is 6.08 Å². The molecule has 0 saturated heterocycles. The van der Waals surface area contributed by atoms with E-state index in [9.17, 15) is 24.3 Å². The van der Waals surface area contributed by atoms with Crippen molar-refractivity contribution in [3.63, 3.8) is 0 Å². The van der Waals surface area contributed by atoms with Gasteiger partial charge in [0.25, 0.3) is 11.8 Å². The predicted octanol–water partition coefficient (Wildman–Crippen LogP) is 6.58. The largest absolute Gasteiger partial charge is 0.497 e. The number of anilines is 2. The third-order valence-corrected chi connectivity index (χ3v) is 7.97. The SMILES string of the molecule is COc1ccc(OC)c(/C=C(\NC(=O)c2ccccc2)C(=O)Nc2ccc(SC(C)C(=O)Nc3cc(C(=O)O)ccc3Cl)cc2)c1. The quantitative estimate of drug-likeness (QED) is 0.0986. The van der Waals surface area contributed by atoms with Gasteiger partial charge in [-0.15, -0.1) is 11.8 Å². The molecule has 1 unspecified atom stereocenters. The average Bonchev–Trinajstić information content (AvgIpc) is 3.06. The number of thioether (sulfide) groups is 1. The van der Waals surface area contributed by atoms with Gasteiger partial charge in [-0.05, 0) is 85.8 Å². The Bertz CT molecular complexity index is 1780. The van der Waals surface area contributed by atoms with Gasteiger partial charge in [-0.1, -0.05) is 29.8 Å². The molecular formula is C34H30ClN3O7S. The van der Waals surface area contributed by atoms with Crippen molar-refractivity contribution in [3.05, 3.63) is 118 Å². The summed E-state index contributed by atoms with van der Waals surface area (Å²) in [6.45, 7) is 1.70. The third-order valence-electron chi connectivity index (χ3n) is 6.53. The van der Waals surface area contributed by atoms with Crippen molar-refractivity contribution in [2.45, 2.75) is 17.1 Å². The standard InChI is InChI=1S/C34H30ClN3O7S/c1-20(31(39)37-28-18-22(34(42)43)9-15-27(28)35)46-26-13-10-24(11-14-26)36-33(41)29(38-32(40)21-7-5-4-6-8-21)19-23-17-25(44-2)12-16-30(23)45-3/h4-20H,1-3H3,(H,36,41)(H,37,39)(H,38,40)(H,42,43)/b29-19-. The van der Waals surface area contributed by atoms with Gasteiger partial charge in [-0.25, -0.2) is 4.79 Å². The van der Waals surface area contributed by atoms with Gasteiger partial charge < -0.3 is 30.5 Å². The van der Waals surface area contributed by atoms with Gasteiger partial charge in [0.2, 0.25) is 5.91 Å². The van der Waals surface area contributed by atoms with Gasteiger partial charge in [-0.3, -0.25) is 14.4 Å². The topological polar surface area (TPSA) is 143 Å². The van der Waals surface area contributed by atoms with Gasteiger partial charge in [0.15, 0.2) is 0 Å². The van der Waals surface area contributed by atoms with Crippen LogP contribution in [0.4, 0.5) is 11.4 Å². The Morgan fingerprint density at radius 3 is 2.22 bits per heavy atom. The van der Waals surface area contributed by atoms with Crippen LogP contribution in [0.5, 0.6) is 11.5 Å². The van der Waals surface area contributed by atoms with Crippen molar-refractivity contribution in [1.29, 1.82) is 0 Å². The monoisotopic (exact) mass is 659 g/mol. The van der Waals surface area contributed by atoms with Crippen LogP contribution >= 0.6 is 23.4 Å². The molecule has 0 heterocycles. The number of aromatic carboxylic acids is 1. The molecule has 10 nitrogen and oxygen atoms in total. The summed E-state index contributed by atoms with van der Waals surface area (Å²) in [6.07, 6.45) is 1.50. The van der Waals surface area contributed by atoms with Crippen LogP contribution in [0.15, 0.2) is 102 Å². The molecule has 0 aromatic heterocycles. The molecule has 12 heteroatoms. The zero-order valence-electron chi connectivity index (χ0n) is 25.0. The number of carbonyl (C=O) groups is 4. The number of carboxylic acid groups (broad SMARTS) is 1. The fourth-order valence-corrected chi connectivity index (χ4v) is 5.14. The number of rotatable bonds is 12. The number of methoxy groups -OCH3 is 2. The molecule has 0 spiro atoms. The number of amides is 3. The number of hydrogen-bond acceptors (Lipinski definition) is 7. The molecule has 4 rings (SSSR count).